The van der Waals surface area contributed by atoms with Crippen LogP contribution in [0.4, 0.5) is 8.78 Å². The van der Waals surface area contributed by atoms with Crippen LogP contribution in [0.15, 0.2) is 60.5 Å². The Kier molecular flexibility index (Phi) is 9.68. The predicted octanol–water partition coefficient (Wildman–Crippen LogP) is 6.63. The van der Waals surface area contributed by atoms with Crippen molar-refractivity contribution in [1.29, 1.82) is 0 Å². The number of fused-ring (bicyclic) bond motifs is 3. The van der Waals surface area contributed by atoms with Gasteiger partial charge in [-0.25, -0.2) is 13.8 Å². The van der Waals surface area contributed by atoms with Crippen molar-refractivity contribution in [2.45, 2.75) is 58.0 Å². The molecule has 10 nitrogen and oxygen atoms in total. The lowest BCUT2D eigenvalue weighted by molar-refractivity contribution is -0.134. The third-order valence-corrected chi connectivity index (χ3v) is 11.1. The average molecular weight is 741 g/mol. The Hall–Kier alpha value is -4.98. The summed E-state index contributed by atoms with van der Waals surface area (Å²) < 4.78 is 39.5. The van der Waals surface area contributed by atoms with E-state index in [0.717, 1.165) is 39.9 Å². The molecule has 1 N–H and O–H groups in total. The van der Waals surface area contributed by atoms with Crippen LogP contribution in [0.5, 0.6) is 5.75 Å². The average Bonchev–Trinajstić information content (AvgIpc) is 3.80. The minimum atomic E-state index is -0.890. The molecule has 0 fully saturated rings. The fourth-order valence-electron chi connectivity index (χ4n) is 7.48. The smallest absolute Gasteiger partial charge is 0.246 e. The van der Waals surface area contributed by atoms with Gasteiger partial charge in [0.25, 0.3) is 0 Å². The number of carbonyl (C=O) groups is 2. The number of aliphatic hydroxyl groups is 1. The molecule has 0 spiro atoms. The number of pyridine rings is 1. The Morgan fingerprint density at radius 2 is 1.89 bits per heavy atom. The highest BCUT2D eigenvalue weighted by Crippen LogP contribution is 2.48. The van der Waals surface area contributed by atoms with Crippen molar-refractivity contribution in [3.8, 4) is 39.5 Å². The summed E-state index contributed by atoms with van der Waals surface area (Å²) in [5.74, 6) is -1.87. The quantitative estimate of drug-likeness (QED) is 0.178. The predicted molar refractivity (Wildman–Crippen MR) is 201 cm³/mol. The van der Waals surface area contributed by atoms with Gasteiger partial charge in [0.05, 0.1) is 41.2 Å². The zero-order chi connectivity index (χ0) is 37.9. The molecule has 2 aliphatic rings. The molecular formula is C40H42F2N6O4S. The summed E-state index contributed by atoms with van der Waals surface area (Å²) >= 11 is 1.40. The van der Waals surface area contributed by atoms with Gasteiger partial charge in [-0.15, -0.1) is 11.3 Å². The van der Waals surface area contributed by atoms with Crippen molar-refractivity contribution in [2.24, 2.45) is 0 Å². The number of carbonyl (C=O) groups excluding carboxylic acids is 2. The van der Waals surface area contributed by atoms with Gasteiger partial charge in [0.1, 0.15) is 35.4 Å². The molecule has 2 aliphatic heterocycles. The number of hydrogen-bond acceptors (Lipinski definition) is 8. The molecule has 53 heavy (non-hydrogen) atoms. The first-order chi connectivity index (χ1) is 25.3. The number of aliphatic hydroxyl groups excluding tert-OH is 1. The van der Waals surface area contributed by atoms with Crippen molar-refractivity contribution in [3.05, 3.63) is 89.0 Å². The van der Waals surface area contributed by atoms with E-state index in [2.05, 4.69) is 17.5 Å². The Morgan fingerprint density at radius 1 is 1.11 bits per heavy atom. The van der Waals surface area contributed by atoms with Crippen LogP contribution >= 0.6 is 11.3 Å². The summed E-state index contributed by atoms with van der Waals surface area (Å²) in [6.45, 7) is 9.91. The molecule has 276 valence electrons. The first-order valence-corrected chi connectivity index (χ1v) is 18.4. The number of likely N-dealkylation sites (N-methyl/N-ethyl adjacent to an activating group) is 2. The lowest BCUT2D eigenvalue weighted by atomic mass is 9.90. The fraction of sp³-hybridized carbons (Fsp3) is 0.350. The van der Waals surface area contributed by atoms with E-state index in [-0.39, 0.29) is 47.9 Å². The summed E-state index contributed by atoms with van der Waals surface area (Å²) in [4.78, 5) is 36.5. The zero-order valence-electron chi connectivity index (χ0n) is 30.6. The van der Waals surface area contributed by atoms with Crippen molar-refractivity contribution in [1.82, 2.24) is 29.5 Å². The third kappa shape index (κ3) is 6.51. The van der Waals surface area contributed by atoms with Gasteiger partial charge >= 0.3 is 0 Å². The van der Waals surface area contributed by atoms with E-state index in [1.807, 2.05) is 55.2 Å². The molecule has 0 radical (unpaired) electrons. The topological polar surface area (TPSA) is 104 Å². The van der Waals surface area contributed by atoms with Crippen molar-refractivity contribution >= 4 is 33.2 Å². The summed E-state index contributed by atoms with van der Waals surface area (Å²) in [5, 5.41) is 17.7. The number of benzene rings is 2. The Bertz CT molecular complexity index is 2270. The maximum atomic E-state index is 16.3. The molecule has 13 heteroatoms. The number of hydrogen-bond donors (Lipinski definition) is 1. The van der Waals surface area contributed by atoms with E-state index in [1.165, 1.54) is 24.3 Å². The molecule has 5 aromatic rings. The monoisotopic (exact) mass is 740 g/mol. The summed E-state index contributed by atoms with van der Waals surface area (Å²) in [6, 6.07) is 11.1. The van der Waals surface area contributed by atoms with Gasteiger partial charge in [0.15, 0.2) is 0 Å². The summed E-state index contributed by atoms with van der Waals surface area (Å²) in [6.07, 6.45) is 0.991. The third-order valence-electron chi connectivity index (χ3n) is 10.2. The van der Waals surface area contributed by atoms with Gasteiger partial charge in [-0.2, -0.15) is 5.10 Å². The van der Waals surface area contributed by atoms with Gasteiger partial charge < -0.3 is 19.6 Å². The Balaban J connectivity index is 1.46. The number of ether oxygens (including phenoxy) is 1. The Labute approximate surface area is 310 Å². The van der Waals surface area contributed by atoms with Gasteiger partial charge in [0, 0.05) is 60.5 Å². The summed E-state index contributed by atoms with van der Waals surface area (Å²) in [5.41, 5.74) is 5.63. The lowest BCUT2D eigenvalue weighted by Crippen LogP contribution is -2.48. The number of aromatic nitrogens is 3. The maximum Gasteiger partial charge on any atom is 0.246 e. The molecule has 0 unspecified atom stereocenters. The van der Waals surface area contributed by atoms with E-state index < -0.39 is 17.7 Å². The van der Waals surface area contributed by atoms with Crippen LogP contribution in [0, 0.1) is 11.6 Å². The number of nitrogens with zero attached hydrogens (tertiary/aromatic N) is 6. The highest BCUT2D eigenvalue weighted by molar-refractivity contribution is 7.18. The number of halogens is 2. The minimum Gasteiger partial charge on any atom is -0.490 e. The molecule has 2 aromatic carbocycles. The highest BCUT2D eigenvalue weighted by atomic mass is 32.1. The van der Waals surface area contributed by atoms with Crippen LogP contribution in [-0.4, -0.2) is 92.8 Å². The largest absolute Gasteiger partial charge is 0.490 e. The van der Waals surface area contributed by atoms with Crippen LogP contribution in [-0.2, 0) is 22.6 Å². The molecule has 4 atom stereocenters. The fourth-order valence-corrected chi connectivity index (χ4v) is 8.43. The standard InChI is InChI=1S/C40H42F2N6O4S/c1-8-34(50)47-18-21(2)48-31(23(47)4)17-30(44-48)38-36(35-29(42)15-27(41)16-33(35)52-20-22(3)49)39-28(11-12-53-39)37(43-38)25-10-9-24-14-32(40(51)45(5)6)46(7)19-26(24)13-25/h8-13,15-17,21-23,32,49H,1,14,18-20H2,2-7H3/t21-,22+,23+,32-/m0/s1. The van der Waals surface area contributed by atoms with Gasteiger partial charge in [-0.1, -0.05) is 18.7 Å². The lowest BCUT2D eigenvalue weighted by Gasteiger charge is -2.36. The number of thiophene rings is 1. The Morgan fingerprint density at radius 3 is 2.60 bits per heavy atom. The van der Waals surface area contributed by atoms with Crippen LogP contribution < -0.4 is 4.74 Å². The second-order valence-electron chi connectivity index (χ2n) is 14.2. The number of amides is 2. The van der Waals surface area contributed by atoms with Crippen molar-refractivity contribution in [2.75, 3.05) is 34.3 Å². The molecule has 0 saturated carbocycles. The SMILES string of the molecule is C=CC(=O)N1C[C@H](C)n2nc(-c3nc(-c4ccc5c(c4)CN(C)[C@H](C(=O)N(C)C)C5)c4ccsc4c3-c3c(F)cc(F)cc3OC[C@@H](C)O)cc2[C@H]1C. The second kappa shape index (κ2) is 14.1. The van der Waals surface area contributed by atoms with Gasteiger partial charge in [-0.05, 0) is 75.0 Å². The van der Waals surface area contributed by atoms with Gasteiger partial charge in [0.2, 0.25) is 11.8 Å². The van der Waals surface area contributed by atoms with E-state index in [0.29, 0.717) is 46.9 Å². The molecule has 5 heterocycles. The highest BCUT2D eigenvalue weighted by Gasteiger charge is 2.35. The van der Waals surface area contributed by atoms with E-state index in [4.69, 9.17) is 14.8 Å². The van der Waals surface area contributed by atoms with Crippen molar-refractivity contribution in [3.63, 3.8) is 0 Å². The van der Waals surface area contributed by atoms with Crippen LogP contribution in [0.25, 0.3) is 43.9 Å². The molecule has 0 aliphatic carbocycles. The first kappa shape index (κ1) is 36.4. The molecule has 2 amide bonds. The maximum absolute atomic E-state index is 16.3. The van der Waals surface area contributed by atoms with E-state index >= 15 is 4.39 Å². The molecular weight excluding hydrogens is 699 g/mol. The molecule has 0 saturated heterocycles. The normalized spacial score (nSPS) is 19.1. The molecule has 7 rings (SSSR count). The molecule has 3 aromatic heterocycles. The van der Waals surface area contributed by atoms with Crippen LogP contribution in [0.1, 0.15) is 49.7 Å². The zero-order valence-corrected chi connectivity index (χ0v) is 31.4. The number of rotatable bonds is 8. The van der Waals surface area contributed by atoms with Crippen LogP contribution in [0.2, 0.25) is 0 Å². The van der Waals surface area contributed by atoms with E-state index in [1.54, 1.807) is 23.9 Å². The summed E-state index contributed by atoms with van der Waals surface area (Å²) in [7, 11) is 5.48. The van der Waals surface area contributed by atoms with E-state index in [9.17, 15) is 19.1 Å². The van der Waals surface area contributed by atoms with Crippen LogP contribution in [0.3, 0.4) is 0 Å². The minimum absolute atomic E-state index is 0.00717. The first-order valence-electron chi connectivity index (χ1n) is 17.5. The van der Waals surface area contributed by atoms with Gasteiger partial charge in [-0.3, -0.25) is 19.2 Å². The second-order valence-corrected chi connectivity index (χ2v) is 15.2. The van der Waals surface area contributed by atoms with Crippen molar-refractivity contribution < 1.29 is 28.2 Å². The molecule has 0 bridgehead atoms.